The third-order valence-electron chi connectivity index (χ3n) is 3.40. The van der Waals surface area contributed by atoms with Gasteiger partial charge in [0.25, 0.3) is 0 Å². The van der Waals surface area contributed by atoms with Crippen LogP contribution in [-0.2, 0) is 5.88 Å². The second-order valence-electron chi connectivity index (χ2n) is 4.92. The highest BCUT2D eigenvalue weighted by Crippen LogP contribution is 2.27. The second-order valence-corrected chi connectivity index (χ2v) is 5.62. The van der Waals surface area contributed by atoms with Crippen molar-refractivity contribution in [2.45, 2.75) is 19.7 Å². The number of hydrogen-bond acceptors (Lipinski definition) is 1. The highest BCUT2D eigenvalue weighted by molar-refractivity contribution is 6.31. The number of aryl methyl sites for hydroxylation is 2. The number of alkyl halides is 1. The predicted octanol–water partition coefficient (Wildman–Crippen LogP) is 5.03. The van der Waals surface area contributed by atoms with Crippen LogP contribution in [0.2, 0.25) is 5.02 Å². The van der Waals surface area contributed by atoms with Crippen molar-refractivity contribution < 1.29 is 0 Å². The van der Waals surface area contributed by atoms with Gasteiger partial charge in [0.15, 0.2) is 0 Å². The fourth-order valence-corrected chi connectivity index (χ4v) is 2.86. The van der Waals surface area contributed by atoms with E-state index in [9.17, 15) is 0 Å². The molecule has 0 N–H and O–H groups in total. The molecule has 102 valence electrons. The number of rotatable bonds is 2. The molecule has 0 atom stereocenters. The second kappa shape index (κ2) is 5.12. The third-order valence-corrected chi connectivity index (χ3v) is 3.87. The molecule has 0 bridgehead atoms. The van der Waals surface area contributed by atoms with Crippen LogP contribution in [0.3, 0.4) is 0 Å². The van der Waals surface area contributed by atoms with Crippen LogP contribution in [0, 0.1) is 13.8 Å². The molecule has 0 aliphatic heterocycles. The zero-order chi connectivity index (χ0) is 14.3. The molecule has 0 radical (unpaired) electrons. The Kier molecular flexibility index (Phi) is 3.45. The minimum atomic E-state index is 0.361. The molecule has 0 unspecified atom stereocenters. The highest BCUT2D eigenvalue weighted by atomic mass is 35.5. The van der Waals surface area contributed by atoms with Crippen LogP contribution in [0.25, 0.3) is 16.7 Å². The van der Waals surface area contributed by atoms with Gasteiger partial charge in [0.05, 0.1) is 22.6 Å². The van der Waals surface area contributed by atoms with Crippen molar-refractivity contribution in [2.75, 3.05) is 0 Å². The molecule has 0 saturated carbocycles. The molecule has 0 saturated heterocycles. The number of hydrogen-bond donors (Lipinski definition) is 0. The summed E-state index contributed by atoms with van der Waals surface area (Å²) < 4.78 is 2.09. The number of benzene rings is 2. The van der Waals surface area contributed by atoms with E-state index >= 15 is 0 Å². The van der Waals surface area contributed by atoms with Gasteiger partial charge in [-0.25, -0.2) is 4.98 Å². The summed E-state index contributed by atoms with van der Waals surface area (Å²) in [6.45, 7) is 4.18. The van der Waals surface area contributed by atoms with E-state index in [-0.39, 0.29) is 0 Å². The van der Waals surface area contributed by atoms with Crippen molar-refractivity contribution in [3.05, 3.63) is 58.4 Å². The van der Waals surface area contributed by atoms with Crippen molar-refractivity contribution in [3.63, 3.8) is 0 Å². The average molecular weight is 305 g/mol. The molecular weight excluding hydrogens is 291 g/mol. The Hall–Kier alpha value is -1.51. The van der Waals surface area contributed by atoms with Crippen molar-refractivity contribution in [1.29, 1.82) is 0 Å². The lowest BCUT2D eigenvalue weighted by Crippen LogP contribution is -2.01. The highest BCUT2D eigenvalue weighted by Gasteiger charge is 2.13. The van der Waals surface area contributed by atoms with Gasteiger partial charge in [-0.05, 0) is 43.7 Å². The Balaban J connectivity index is 2.36. The smallest absolute Gasteiger partial charge is 0.129 e. The number of imidazole rings is 1. The molecule has 3 aromatic rings. The summed E-state index contributed by atoms with van der Waals surface area (Å²) in [5.74, 6) is 1.19. The average Bonchev–Trinajstić information content (AvgIpc) is 2.76. The molecule has 3 rings (SSSR count). The van der Waals surface area contributed by atoms with Gasteiger partial charge in [-0.1, -0.05) is 29.3 Å². The fourth-order valence-electron chi connectivity index (χ4n) is 2.51. The molecule has 20 heavy (non-hydrogen) atoms. The summed E-state index contributed by atoms with van der Waals surface area (Å²) in [7, 11) is 0. The van der Waals surface area contributed by atoms with E-state index in [1.807, 2.05) is 18.2 Å². The first-order valence-electron chi connectivity index (χ1n) is 6.40. The molecule has 0 aliphatic rings. The van der Waals surface area contributed by atoms with Gasteiger partial charge in [-0.15, -0.1) is 11.6 Å². The first-order valence-corrected chi connectivity index (χ1v) is 7.32. The summed E-state index contributed by atoms with van der Waals surface area (Å²) in [5, 5.41) is 0.699. The van der Waals surface area contributed by atoms with Crippen LogP contribution >= 0.6 is 23.2 Å². The van der Waals surface area contributed by atoms with Crippen molar-refractivity contribution in [3.8, 4) is 5.69 Å². The lowest BCUT2D eigenvalue weighted by Gasteiger charge is -2.12. The first kappa shape index (κ1) is 13.5. The topological polar surface area (TPSA) is 17.8 Å². The molecule has 2 nitrogen and oxygen atoms in total. The lowest BCUT2D eigenvalue weighted by molar-refractivity contribution is 0.971. The third kappa shape index (κ3) is 2.19. The Morgan fingerprint density at radius 2 is 1.90 bits per heavy atom. The molecular formula is C16H14Cl2N2. The Morgan fingerprint density at radius 1 is 1.10 bits per heavy atom. The summed E-state index contributed by atoms with van der Waals surface area (Å²) in [6, 6.07) is 12.1. The Bertz CT molecular complexity index is 791. The van der Waals surface area contributed by atoms with Gasteiger partial charge < -0.3 is 0 Å². The summed E-state index contributed by atoms with van der Waals surface area (Å²) in [4.78, 5) is 4.58. The van der Waals surface area contributed by atoms with Gasteiger partial charge >= 0.3 is 0 Å². The van der Waals surface area contributed by atoms with Gasteiger partial charge in [0, 0.05) is 5.02 Å². The zero-order valence-electron chi connectivity index (χ0n) is 11.3. The largest absolute Gasteiger partial charge is 0.295 e. The number of nitrogens with zero attached hydrogens (tertiary/aromatic N) is 2. The van der Waals surface area contributed by atoms with Crippen LogP contribution in [0.5, 0.6) is 0 Å². The fraction of sp³-hybridized carbons (Fsp3) is 0.188. The lowest BCUT2D eigenvalue weighted by atomic mass is 10.1. The van der Waals surface area contributed by atoms with Crippen molar-refractivity contribution >= 4 is 34.2 Å². The van der Waals surface area contributed by atoms with E-state index < -0.39 is 0 Å². The van der Waals surface area contributed by atoms with Crippen molar-refractivity contribution in [2.24, 2.45) is 0 Å². The van der Waals surface area contributed by atoms with Crippen LogP contribution in [0.1, 0.15) is 17.0 Å². The molecule has 0 spiro atoms. The number of aromatic nitrogens is 2. The maximum Gasteiger partial charge on any atom is 0.129 e. The minimum absolute atomic E-state index is 0.361. The molecule has 1 aromatic heterocycles. The van der Waals surface area contributed by atoms with E-state index in [4.69, 9.17) is 23.2 Å². The van der Waals surface area contributed by atoms with E-state index in [0.717, 1.165) is 22.5 Å². The van der Waals surface area contributed by atoms with Gasteiger partial charge in [0.2, 0.25) is 0 Å². The van der Waals surface area contributed by atoms with Gasteiger partial charge in [0.1, 0.15) is 5.82 Å². The molecule has 0 amide bonds. The standard InChI is InChI=1S/C16H14Cl2N2/c1-10-3-6-14(11(2)7-10)20-15-8-12(18)4-5-13(15)19-16(20)9-17/h3-8H,9H2,1-2H3. The first-order chi connectivity index (χ1) is 9.60. The van der Waals surface area contributed by atoms with Gasteiger partial charge in [-0.2, -0.15) is 0 Å². The molecule has 1 heterocycles. The Labute approximate surface area is 128 Å². The van der Waals surface area contributed by atoms with E-state index in [1.165, 1.54) is 11.1 Å². The summed E-state index contributed by atoms with van der Waals surface area (Å²) in [6.07, 6.45) is 0. The number of fused-ring (bicyclic) bond motifs is 1. The Morgan fingerprint density at radius 3 is 2.60 bits per heavy atom. The van der Waals surface area contributed by atoms with Crippen LogP contribution in [0.4, 0.5) is 0 Å². The summed E-state index contributed by atoms with van der Waals surface area (Å²) in [5.41, 5.74) is 5.41. The zero-order valence-corrected chi connectivity index (χ0v) is 12.8. The van der Waals surface area contributed by atoms with Crippen LogP contribution < -0.4 is 0 Å². The molecule has 2 aromatic carbocycles. The van der Waals surface area contributed by atoms with Gasteiger partial charge in [-0.3, -0.25) is 4.57 Å². The van der Waals surface area contributed by atoms with E-state index in [1.54, 1.807) is 0 Å². The molecule has 4 heteroatoms. The number of halogens is 2. The van der Waals surface area contributed by atoms with Crippen molar-refractivity contribution in [1.82, 2.24) is 9.55 Å². The molecule has 0 fully saturated rings. The summed E-state index contributed by atoms with van der Waals surface area (Å²) >= 11 is 12.2. The van der Waals surface area contributed by atoms with Crippen LogP contribution in [-0.4, -0.2) is 9.55 Å². The normalized spacial score (nSPS) is 11.2. The van der Waals surface area contributed by atoms with E-state index in [2.05, 4.69) is 41.6 Å². The minimum Gasteiger partial charge on any atom is -0.295 e. The molecule has 0 aliphatic carbocycles. The van der Waals surface area contributed by atoms with E-state index in [0.29, 0.717) is 10.9 Å². The SMILES string of the molecule is Cc1ccc(-n2c(CCl)nc3ccc(Cl)cc32)c(C)c1. The monoisotopic (exact) mass is 304 g/mol. The quantitative estimate of drug-likeness (QED) is 0.607. The predicted molar refractivity (Wildman–Crippen MR) is 85.1 cm³/mol. The van der Waals surface area contributed by atoms with Crippen LogP contribution in [0.15, 0.2) is 36.4 Å². The maximum atomic E-state index is 6.12. The maximum absolute atomic E-state index is 6.12.